The van der Waals surface area contributed by atoms with Crippen LogP contribution in [0.25, 0.3) is 5.65 Å². The molecule has 0 unspecified atom stereocenters. The van der Waals surface area contributed by atoms with Crippen molar-refractivity contribution in [3.8, 4) is 11.6 Å². The third-order valence-electron chi connectivity index (χ3n) is 3.99. The molecule has 2 aromatic heterocycles. The second kappa shape index (κ2) is 8.13. The van der Waals surface area contributed by atoms with E-state index < -0.39 is 17.4 Å². The van der Waals surface area contributed by atoms with Crippen LogP contribution in [0, 0.1) is 5.82 Å². The lowest BCUT2D eigenvalue weighted by Gasteiger charge is -2.05. The first-order valence-electron chi connectivity index (χ1n) is 8.53. The van der Waals surface area contributed by atoms with Gasteiger partial charge in [0.25, 0.3) is 5.88 Å². The van der Waals surface area contributed by atoms with Crippen molar-refractivity contribution in [2.75, 3.05) is 5.32 Å². The number of anilines is 1. The Kier molecular flexibility index (Phi) is 5.39. The molecule has 0 radical (unpaired) electrons. The molecule has 0 spiro atoms. The maximum atomic E-state index is 13.2. The van der Waals surface area contributed by atoms with E-state index in [-0.39, 0.29) is 28.8 Å². The van der Waals surface area contributed by atoms with Crippen LogP contribution in [0.3, 0.4) is 0 Å². The van der Waals surface area contributed by atoms with Gasteiger partial charge in [-0.1, -0.05) is 23.2 Å². The molecule has 2 heterocycles. The van der Waals surface area contributed by atoms with Crippen molar-refractivity contribution in [3.63, 3.8) is 0 Å². The number of carbonyl (C=O) groups excluding carboxylic acids is 1. The van der Waals surface area contributed by atoms with Gasteiger partial charge in [0.15, 0.2) is 0 Å². The summed E-state index contributed by atoms with van der Waals surface area (Å²) in [4.78, 5) is 29.0. The van der Waals surface area contributed by atoms with Gasteiger partial charge in [-0.05, 0) is 42.5 Å². The highest BCUT2D eigenvalue weighted by Gasteiger charge is 2.16. The summed E-state index contributed by atoms with van der Waals surface area (Å²) in [5.41, 5.74) is -0.132. The summed E-state index contributed by atoms with van der Waals surface area (Å²) >= 11 is 11.6. The second-order valence-electron chi connectivity index (χ2n) is 6.10. The zero-order chi connectivity index (χ0) is 21.3. The van der Waals surface area contributed by atoms with Crippen molar-refractivity contribution in [2.45, 2.75) is 6.54 Å². The van der Waals surface area contributed by atoms with Crippen LogP contribution in [0.2, 0.25) is 10.0 Å². The van der Waals surface area contributed by atoms with Gasteiger partial charge in [-0.15, -0.1) is 5.10 Å². The van der Waals surface area contributed by atoms with Crippen LogP contribution in [0.4, 0.5) is 10.1 Å². The quantitative estimate of drug-likeness (QED) is 0.502. The Morgan fingerprint density at radius 3 is 2.67 bits per heavy atom. The van der Waals surface area contributed by atoms with E-state index in [1.54, 1.807) is 24.3 Å². The van der Waals surface area contributed by atoms with E-state index in [2.05, 4.69) is 15.4 Å². The minimum atomic E-state index is -0.605. The summed E-state index contributed by atoms with van der Waals surface area (Å²) in [6.45, 7) is -0.379. The summed E-state index contributed by atoms with van der Waals surface area (Å²) in [5, 5.41) is 7.09. The van der Waals surface area contributed by atoms with Crippen molar-refractivity contribution < 1.29 is 13.9 Å². The van der Waals surface area contributed by atoms with E-state index in [0.717, 1.165) is 10.7 Å². The van der Waals surface area contributed by atoms with Crippen LogP contribution in [-0.2, 0) is 11.3 Å². The molecule has 0 saturated carbocycles. The highest BCUT2D eigenvalue weighted by Crippen LogP contribution is 2.23. The van der Waals surface area contributed by atoms with Crippen LogP contribution >= 0.6 is 23.2 Å². The molecule has 0 bridgehead atoms. The van der Waals surface area contributed by atoms with E-state index in [0.29, 0.717) is 10.8 Å². The summed E-state index contributed by atoms with van der Waals surface area (Å²) in [6.07, 6.45) is 2.79. The van der Waals surface area contributed by atoms with Gasteiger partial charge in [0.1, 0.15) is 18.1 Å². The van der Waals surface area contributed by atoms with E-state index >= 15 is 0 Å². The topological polar surface area (TPSA) is 90.5 Å². The fourth-order valence-electron chi connectivity index (χ4n) is 2.63. The number of nitrogens with one attached hydrogen (secondary N) is 1. The molecule has 0 aliphatic heterocycles. The highest BCUT2D eigenvalue weighted by molar-refractivity contribution is 6.31. The molecule has 8 nitrogen and oxygen atoms in total. The van der Waals surface area contributed by atoms with Crippen LogP contribution in [-0.4, -0.2) is 25.1 Å². The second-order valence-corrected chi connectivity index (χ2v) is 6.94. The summed E-state index contributed by atoms with van der Waals surface area (Å²) in [7, 11) is 0. The van der Waals surface area contributed by atoms with Gasteiger partial charge in [0.2, 0.25) is 11.6 Å². The molecule has 1 amide bonds. The molecule has 4 rings (SSSR count). The average Bonchev–Trinajstić information content (AvgIpc) is 3.03. The van der Waals surface area contributed by atoms with Crippen molar-refractivity contribution >= 4 is 40.4 Å². The van der Waals surface area contributed by atoms with Crippen LogP contribution < -0.4 is 15.7 Å². The Hall–Kier alpha value is -3.43. The number of benzene rings is 2. The number of halogens is 3. The number of carbonyl (C=O) groups is 1. The van der Waals surface area contributed by atoms with E-state index in [1.807, 2.05) is 0 Å². The third-order valence-corrected chi connectivity index (χ3v) is 4.54. The minimum Gasteiger partial charge on any atom is -0.436 e. The predicted octanol–water partition coefficient (Wildman–Crippen LogP) is 3.77. The lowest BCUT2D eigenvalue weighted by Crippen LogP contribution is -2.28. The first-order valence-corrected chi connectivity index (χ1v) is 9.29. The fourth-order valence-corrected chi connectivity index (χ4v) is 2.93. The largest absolute Gasteiger partial charge is 0.436 e. The molecular weight excluding hydrogens is 436 g/mol. The number of amides is 1. The van der Waals surface area contributed by atoms with Crippen LogP contribution in [0.15, 0.2) is 59.7 Å². The van der Waals surface area contributed by atoms with Gasteiger partial charge in [-0.2, -0.15) is 0 Å². The molecule has 11 heteroatoms. The summed E-state index contributed by atoms with van der Waals surface area (Å²) in [5.74, 6) is -0.613. The number of fused-ring (bicyclic) bond motifs is 1. The molecule has 0 aliphatic rings. The molecule has 4 aromatic rings. The lowest BCUT2D eigenvalue weighted by atomic mass is 10.3. The van der Waals surface area contributed by atoms with Crippen molar-refractivity contribution in [1.29, 1.82) is 0 Å². The first-order chi connectivity index (χ1) is 14.4. The van der Waals surface area contributed by atoms with E-state index in [4.69, 9.17) is 27.9 Å². The fraction of sp³-hybridized carbons (Fsp3) is 0.0526. The molecule has 152 valence electrons. The average molecular weight is 448 g/mol. The Morgan fingerprint density at radius 2 is 1.93 bits per heavy atom. The molecular formula is C19H12Cl2FN5O3. The zero-order valence-corrected chi connectivity index (χ0v) is 16.6. The van der Waals surface area contributed by atoms with Gasteiger partial charge >= 0.3 is 5.69 Å². The van der Waals surface area contributed by atoms with Crippen LogP contribution in [0.1, 0.15) is 0 Å². The molecule has 1 N–H and O–H groups in total. The van der Waals surface area contributed by atoms with E-state index in [1.165, 1.54) is 28.9 Å². The Morgan fingerprint density at radius 1 is 1.17 bits per heavy atom. The number of rotatable bonds is 5. The first kappa shape index (κ1) is 19.9. The Balaban J connectivity index is 1.58. The molecule has 0 saturated heterocycles. The zero-order valence-electron chi connectivity index (χ0n) is 15.1. The van der Waals surface area contributed by atoms with Gasteiger partial charge in [-0.25, -0.2) is 23.3 Å². The molecule has 0 fully saturated rings. The number of nitrogens with zero attached hydrogens (tertiary/aromatic N) is 4. The number of aromatic nitrogens is 4. The maximum absolute atomic E-state index is 13.2. The molecule has 0 aliphatic carbocycles. The standard InChI is InChI=1S/C19H12Cl2FN5O3/c20-11-1-4-13(5-2-11)30-18-17-25-27(19(29)26(17)8-7-23-18)10-16(28)24-12-3-6-15(22)14(21)9-12/h1-9H,10H2,(H,24,28). The number of ether oxygens (including phenoxy) is 1. The van der Waals surface area contributed by atoms with Crippen molar-refractivity contribution in [2.24, 2.45) is 0 Å². The number of hydrogen-bond acceptors (Lipinski definition) is 5. The Labute approximate surface area is 178 Å². The highest BCUT2D eigenvalue weighted by atomic mass is 35.5. The van der Waals surface area contributed by atoms with Gasteiger partial charge in [0, 0.05) is 23.1 Å². The third kappa shape index (κ3) is 4.12. The molecule has 0 atom stereocenters. The predicted molar refractivity (Wildman–Crippen MR) is 109 cm³/mol. The smallest absolute Gasteiger partial charge is 0.351 e. The van der Waals surface area contributed by atoms with Gasteiger partial charge in [0.05, 0.1) is 5.02 Å². The number of hydrogen-bond donors (Lipinski definition) is 1. The minimum absolute atomic E-state index is 0.0846. The summed E-state index contributed by atoms with van der Waals surface area (Å²) in [6, 6.07) is 10.3. The Bertz CT molecular complexity index is 1300. The van der Waals surface area contributed by atoms with Crippen LogP contribution in [0.5, 0.6) is 11.6 Å². The SMILES string of the molecule is O=C(Cn1nc2c(Oc3ccc(Cl)cc3)nccn2c1=O)Nc1ccc(F)c(Cl)c1. The van der Waals surface area contributed by atoms with Gasteiger partial charge in [-0.3, -0.25) is 4.79 Å². The lowest BCUT2D eigenvalue weighted by molar-refractivity contribution is -0.117. The van der Waals surface area contributed by atoms with E-state index in [9.17, 15) is 14.0 Å². The monoisotopic (exact) mass is 447 g/mol. The van der Waals surface area contributed by atoms with Crippen molar-refractivity contribution in [3.05, 3.63) is 81.2 Å². The maximum Gasteiger partial charge on any atom is 0.351 e. The molecule has 30 heavy (non-hydrogen) atoms. The van der Waals surface area contributed by atoms with Gasteiger partial charge < -0.3 is 10.1 Å². The molecule has 2 aromatic carbocycles. The summed E-state index contributed by atoms with van der Waals surface area (Å²) < 4.78 is 21.1. The normalized spacial score (nSPS) is 10.9. The van der Waals surface area contributed by atoms with Crippen molar-refractivity contribution in [1.82, 2.24) is 19.2 Å².